The van der Waals surface area contributed by atoms with Crippen molar-refractivity contribution in [3.8, 4) is 0 Å². The van der Waals surface area contributed by atoms with Gasteiger partial charge < -0.3 is 5.32 Å². The summed E-state index contributed by atoms with van der Waals surface area (Å²) in [5.74, 6) is -1.83. The van der Waals surface area contributed by atoms with E-state index < -0.39 is 17.5 Å². The van der Waals surface area contributed by atoms with Crippen LogP contribution in [-0.2, 0) is 0 Å². The fourth-order valence-electron chi connectivity index (χ4n) is 1.37. The van der Waals surface area contributed by atoms with E-state index in [0.29, 0.717) is 10.2 Å². The van der Waals surface area contributed by atoms with Gasteiger partial charge in [-0.1, -0.05) is 0 Å². The zero-order valence-corrected chi connectivity index (χ0v) is 10.1. The molecule has 88 valence electrons. The SMILES string of the molecule is Fc1cc(F)cc(Nc2cc(F)ccc2Br)c1. The molecule has 0 heterocycles. The van der Waals surface area contributed by atoms with Crippen LogP contribution in [0.2, 0.25) is 0 Å². The van der Waals surface area contributed by atoms with Crippen LogP contribution in [0.4, 0.5) is 24.5 Å². The average molecular weight is 302 g/mol. The summed E-state index contributed by atoms with van der Waals surface area (Å²) in [7, 11) is 0. The molecule has 0 amide bonds. The molecule has 5 heteroatoms. The van der Waals surface area contributed by atoms with Gasteiger partial charge in [-0.25, -0.2) is 13.2 Å². The second-order valence-electron chi connectivity index (χ2n) is 3.41. The fraction of sp³-hybridized carbons (Fsp3) is 0. The van der Waals surface area contributed by atoms with Crippen molar-refractivity contribution in [1.82, 2.24) is 0 Å². The highest BCUT2D eigenvalue weighted by Gasteiger charge is 2.04. The molecule has 0 atom stereocenters. The Kier molecular flexibility index (Phi) is 3.38. The summed E-state index contributed by atoms with van der Waals surface area (Å²) in [6, 6.07) is 7.04. The van der Waals surface area contributed by atoms with E-state index in [1.807, 2.05) is 0 Å². The van der Waals surface area contributed by atoms with Crippen molar-refractivity contribution in [2.75, 3.05) is 5.32 Å². The van der Waals surface area contributed by atoms with E-state index in [1.165, 1.54) is 18.2 Å². The molecule has 0 aliphatic rings. The summed E-state index contributed by atoms with van der Waals surface area (Å²) >= 11 is 3.21. The van der Waals surface area contributed by atoms with Crippen molar-refractivity contribution >= 4 is 27.3 Å². The monoisotopic (exact) mass is 301 g/mol. The van der Waals surface area contributed by atoms with E-state index in [0.717, 1.165) is 18.2 Å². The van der Waals surface area contributed by atoms with Crippen LogP contribution in [0.1, 0.15) is 0 Å². The van der Waals surface area contributed by atoms with E-state index in [-0.39, 0.29) is 5.69 Å². The van der Waals surface area contributed by atoms with Crippen LogP contribution in [0.25, 0.3) is 0 Å². The molecule has 0 fully saturated rings. The number of hydrogen-bond donors (Lipinski definition) is 1. The lowest BCUT2D eigenvalue weighted by Crippen LogP contribution is -1.94. The maximum Gasteiger partial charge on any atom is 0.128 e. The molecular formula is C12H7BrF3N. The first-order valence-corrected chi connectivity index (χ1v) is 5.52. The van der Waals surface area contributed by atoms with Gasteiger partial charge in [0.2, 0.25) is 0 Å². The third-order valence-electron chi connectivity index (χ3n) is 2.07. The molecule has 0 saturated carbocycles. The quantitative estimate of drug-likeness (QED) is 0.854. The first-order chi connectivity index (χ1) is 8.04. The molecule has 0 aromatic heterocycles. The number of rotatable bonds is 2. The molecule has 1 nitrogen and oxygen atoms in total. The second kappa shape index (κ2) is 4.79. The Morgan fingerprint density at radius 1 is 0.824 bits per heavy atom. The fourth-order valence-corrected chi connectivity index (χ4v) is 1.72. The summed E-state index contributed by atoms with van der Waals surface area (Å²) in [4.78, 5) is 0. The molecule has 2 aromatic carbocycles. The van der Waals surface area contributed by atoms with E-state index in [2.05, 4.69) is 21.2 Å². The maximum atomic E-state index is 13.0. The number of anilines is 2. The molecule has 1 N–H and O–H groups in total. The molecule has 2 aromatic rings. The van der Waals surface area contributed by atoms with Crippen molar-refractivity contribution in [2.45, 2.75) is 0 Å². The summed E-state index contributed by atoms with van der Waals surface area (Å²) in [5, 5.41) is 2.73. The zero-order valence-electron chi connectivity index (χ0n) is 8.48. The predicted octanol–water partition coefficient (Wildman–Crippen LogP) is 4.61. The van der Waals surface area contributed by atoms with Crippen molar-refractivity contribution in [2.24, 2.45) is 0 Å². The van der Waals surface area contributed by atoms with Crippen LogP contribution in [0, 0.1) is 17.5 Å². The van der Waals surface area contributed by atoms with Crippen molar-refractivity contribution < 1.29 is 13.2 Å². The largest absolute Gasteiger partial charge is 0.354 e. The Labute approximate surface area is 104 Å². The van der Waals surface area contributed by atoms with Crippen LogP contribution in [-0.4, -0.2) is 0 Å². The van der Waals surface area contributed by atoms with Gasteiger partial charge in [0.15, 0.2) is 0 Å². The molecule has 0 aliphatic heterocycles. The smallest absolute Gasteiger partial charge is 0.128 e. The standard InChI is InChI=1S/C12H7BrF3N/c13-11-2-1-7(14)6-12(11)17-10-4-8(15)3-9(16)5-10/h1-6,17H. The van der Waals surface area contributed by atoms with Crippen LogP contribution in [0.5, 0.6) is 0 Å². The topological polar surface area (TPSA) is 12.0 Å². The highest BCUT2D eigenvalue weighted by atomic mass is 79.9. The number of benzene rings is 2. The van der Waals surface area contributed by atoms with Crippen LogP contribution in [0.3, 0.4) is 0 Å². The van der Waals surface area contributed by atoms with Gasteiger partial charge in [-0.3, -0.25) is 0 Å². The Bertz CT molecular complexity index is 537. The predicted molar refractivity (Wildman–Crippen MR) is 63.7 cm³/mol. The van der Waals surface area contributed by atoms with Crippen LogP contribution >= 0.6 is 15.9 Å². The van der Waals surface area contributed by atoms with Gasteiger partial charge in [-0.2, -0.15) is 0 Å². The molecule has 0 aliphatic carbocycles. The van der Waals surface area contributed by atoms with E-state index in [1.54, 1.807) is 0 Å². The van der Waals surface area contributed by atoms with Crippen molar-refractivity contribution in [1.29, 1.82) is 0 Å². The number of nitrogens with one attached hydrogen (secondary N) is 1. The van der Waals surface area contributed by atoms with Gasteiger partial charge in [0.25, 0.3) is 0 Å². The normalized spacial score (nSPS) is 10.4. The lowest BCUT2D eigenvalue weighted by Gasteiger charge is -2.09. The lowest BCUT2D eigenvalue weighted by atomic mass is 10.2. The molecule has 2 rings (SSSR count). The molecule has 0 unspecified atom stereocenters. The van der Waals surface area contributed by atoms with E-state index in [9.17, 15) is 13.2 Å². The minimum Gasteiger partial charge on any atom is -0.354 e. The van der Waals surface area contributed by atoms with Gasteiger partial charge in [0, 0.05) is 16.2 Å². The summed E-state index contributed by atoms with van der Waals surface area (Å²) < 4.78 is 39.5. The van der Waals surface area contributed by atoms with Crippen molar-refractivity contribution in [3.05, 3.63) is 58.3 Å². The van der Waals surface area contributed by atoms with Gasteiger partial charge >= 0.3 is 0 Å². The Morgan fingerprint density at radius 3 is 2.12 bits per heavy atom. The third-order valence-corrected chi connectivity index (χ3v) is 2.76. The van der Waals surface area contributed by atoms with Gasteiger partial charge in [0.1, 0.15) is 17.5 Å². The highest BCUT2D eigenvalue weighted by molar-refractivity contribution is 9.10. The van der Waals surface area contributed by atoms with E-state index >= 15 is 0 Å². The molecule has 0 bridgehead atoms. The molecule has 0 saturated heterocycles. The Morgan fingerprint density at radius 2 is 1.47 bits per heavy atom. The van der Waals surface area contributed by atoms with E-state index in [4.69, 9.17) is 0 Å². The van der Waals surface area contributed by atoms with Crippen LogP contribution in [0.15, 0.2) is 40.9 Å². The highest BCUT2D eigenvalue weighted by Crippen LogP contribution is 2.27. The molecular weight excluding hydrogens is 295 g/mol. The average Bonchev–Trinajstić information content (AvgIpc) is 2.22. The second-order valence-corrected chi connectivity index (χ2v) is 4.26. The van der Waals surface area contributed by atoms with Gasteiger partial charge in [-0.05, 0) is 46.3 Å². The molecule has 0 radical (unpaired) electrons. The summed E-state index contributed by atoms with van der Waals surface area (Å²) in [6.45, 7) is 0. The molecule has 17 heavy (non-hydrogen) atoms. The zero-order chi connectivity index (χ0) is 12.4. The minimum atomic E-state index is -0.694. The summed E-state index contributed by atoms with van der Waals surface area (Å²) in [6.07, 6.45) is 0. The first-order valence-electron chi connectivity index (χ1n) is 4.73. The lowest BCUT2D eigenvalue weighted by molar-refractivity contribution is 0.584. The van der Waals surface area contributed by atoms with Crippen molar-refractivity contribution in [3.63, 3.8) is 0 Å². The number of halogens is 4. The first kappa shape index (κ1) is 12.0. The Hall–Kier alpha value is -1.49. The minimum absolute atomic E-state index is 0.216. The van der Waals surface area contributed by atoms with Gasteiger partial charge in [-0.15, -0.1) is 0 Å². The third kappa shape index (κ3) is 3.00. The number of hydrogen-bond acceptors (Lipinski definition) is 1. The van der Waals surface area contributed by atoms with Gasteiger partial charge in [0.05, 0.1) is 5.69 Å². The Balaban J connectivity index is 2.34. The van der Waals surface area contributed by atoms with Crippen LogP contribution < -0.4 is 5.32 Å². The maximum absolute atomic E-state index is 13.0. The molecule has 0 spiro atoms. The summed E-state index contributed by atoms with van der Waals surface area (Å²) in [5.41, 5.74) is 0.615.